The second-order valence-corrected chi connectivity index (χ2v) is 7.20. The first-order valence-corrected chi connectivity index (χ1v) is 10.4. The number of likely N-dealkylation sites (N-methyl/N-ethyl adjacent to an activating group) is 1. The summed E-state index contributed by atoms with van der Waals surface area (Å²) in [6.07, 6.45) is 3.74. The van der Waals surface area contributed by atoms with Gasteiger partial charge < -0.3 is 24.3 Å². The molecule has 0 spiro atoms. The van der Waals surface area contributed by atoms with E-state index < -0.39 is 0 Å². The Morgan fingerprint density at radius 1 is 1.38 bits per heavy atom. The van der Waals surface area contributed by atoms with Gasteiger partial charge in [-0.3, -0.25) is 4.99 Å². The minimum atomic E-state index is 0.505. The van der Waals surface area contributed by atoms with Gasteiger partial charge in [0, 0.05) is 45.6 Å². The molecule has 0 bridgehead atoms. The molecule has 8 nitrogen and oxygen atoms in total. The molecule has 1 saturated heterocycles. The fourth-order valence-electron chi connectivity index (χ4n) is 3.21. The third-order valence-electron chi connectivity index (χ3n) is 4.97. The van der Waals surface area contributed by atoms with Gasteiger partial charge in [0.05, 0.1) is 13.2 Å². The molecule has 2 heterocycles. The van der Waals surface area contributed by atoms with Crippen molar-refractivity contribution in [3.05, 3.63) is 42.5 Å². The molecule has 1 aromatic heterocycles. The lowest BCUT2D eigenvalue weighted by molar-refractivity contribution is 0.187. The minimum absolute atomic E-state index is 0.505. The van der Waals surface area contributed by atoms with Crippen molar-refractivity contribution in [2.75, 3.05) is 46.5 Å². The van der Waals surface area contributed by atoms with Gasteiger partial charge in [-0.25, -0.2) is 0 Å². The molecule has 1 unspecified atom stereocenters. The lowest BCUT2D eigenvalue weighted by Crippen LogP contribution is -2.42. The van der Waals surface area contributed by atoms with Crippen LogP contribution in [-0.2, 0) is 17.7 Å². The SMILES string of the molecule is CCc1nncn1CCNC(=NCC1CCOC1)N(C)CCOc1ccccc1. The predicted molar refractivity (Wildman–Crippen MR) is 113 cm³/mol. The van der Waals surface area contributed by atoms with Gasteiger partial charge in [-0.1, -0.05) is 25.1 Å². The van der Waals surface area contributed by atoms with Crippen LogP contribution in [-0.4, -0.2) is 72.1 Å². The number of nitrogens with zero attached hydrogens (tertiary/aromatic N) is 5. The Kier molecular flexibility index (Phi) is 8.30. The van der Waals surface area contributed by atoms with Crippen LogP contribution >= 0.6 is 0 Å². The molecule has 2 aromatic rings. The Balaban J connectivity index is 1.52. The molecule has 1 aromatic carbocycles. The Morgan fingerprint density at radius 3 is 3.00 bits per heavy atom. The molecule has 0 saturated carbocycles. The highest BCUT2D eigenvalue weighted by Crippen LogP contribution is 2.12. The van der Waals surface area contributed by atoms with Crippen molar-refractivity contribution in [3.63, 3.8) is 0 Å². The predicted octanol–water partition coefficient (Wildman–Crippen LogP) is 1.83. The van der Waals surface area contributed by atoms with Gasteiger partial charge in [-0.2, -0.15) is 0 Å². The van der Waals surface area contributed by atoms with Crippen molar-refractivity contribution in [2.24, 2.45) is 10.9 Å². The van der Waals surface area contributed by atoms with Crippen molar-refractivity contribution >= 4 is 5.96 Å². The number of nitrogens with one attached hydrogen (secondary N) is 1. The molecule has 1 atom stereocenters. The van der Waals surface area contributed by atoms with Gasteiger partial charge in [-0.15, -0.1) is 10.2 Å². The second kappa shape index (κ2) is 11.4. The summed E-state index contributed by atoms with van der Waals surface area (Å²) in [6, 6.07) is 9.88. The van der Waals surface area contributed by atoms with Gasteiger partial charge in [0.25, 0.3) is 0 Å². The van der Waals surface area contributed by atoms with Crippen LogP contribution in [0.5, 0.6) is 5.75 Å². The molecule has 0 amide bonds. The molecule has 1 aliphatic heterocycles. The molecule has 8 heteroatoms. The molecule has 158 valence electrons. The second-order valence-electron chi connectivity index (χ2n) is 7.20. The summed E-state index contributed by atoms with van der Waals surface area (Å²) in [5.41, 5.74) is 0. The summed E-state index contributed by atoms with van der Waals surface area (Å²) in [6.45, 7) is 7.41. The quantitative estimate of drug-likeness (QED) is 0.484. The average molecular weight is 401 g/mol. The van der Waals surface area contributed by atoms with E-state index in [0.29, 0.717) is 12.5 Å². The number of ether oxygens (including phenoxy) is 2. The van der Waals surface area contributed by atoms with Crippen molar-refractivity contribution in [3.8, 4) is 5.75 Å². The number of guanidine groups is 1. The van der Waals surface area contributed by atoms with Gasteiger partial charge in [0.15, 0.2) is 5.96 Å². The summed E-state index contributed by atoms with van der Waals surface area (Å²) in [5.74, 6) is 3.28. The van der Waals surface area contributed by atoms with Crippen LogP contribution in [0.4, 0.5) is 0 Å². The van der Waals surface area contributed by atoms with Crippen LogP contribution < -0.4 is 10.1 Å². The van der Waals surface area contributed by atoms with Gasteiger partial charge >= 0.3 is 0 Å². The largest absolute Gasteiger partial charge is 0.492 e. The summed E-state index contributed by atoms with van der Waals surface area (Å²) in [5, 5.41) is 11.6. The summed E-state index contributed by atoms with van der Waals surface area (Å²) in [4.78, 5) is 6.96. The van der Waals surface area contributed by atoms with E-state index in [2.05, 4.69) is 31.9 Å². The first-order valence-electron chi connectivity index (χ1n) is 10.4. The van der Waals surface area contributed by atoms with E-state index in [1.165, 1.54) is 0 Å². The van der Waals surface area contributed by atoms with E-state index in [4.69, 9.17) is 14.5 Å². The van der Waals surface area contributed by atoms with Crippen molar-refractivity contribution < 1.29 is 9.47 Å². The highest BCUT2D eigenvalue weighted by molar-refractivity contribution is 5.79. The average Bonchev–Trinajstić information content (AvgIpc) is 3.43. The van der Waals surface area contributed by atoms with E-state index in [0.717, 1.165) is 69.8 Å². The molecule has 1 aliphatic rings. The number of para-hydroxylation sites is 1. The number of benzene rings is 1. The number of aryl methyl sites for hydroxylation is 1. The zero-order chi connectivity index (χ0) is 20.3. The molecule has 1 fully saturated rings. The first-order chi connectivity index (χ1) is 14.3. The van der Waals surface area contributed by atoms with E-state index >= 15 is 0 Å². The molecule has 0 aliphatic carbocycles. The van der Waals surface area contributed by atoms with Gasteiger partial charge in [-0.05, 0) is 18.6 Å². The van der Waals surface area contributed by atoms with Crippen LogP contribution in [0.2, 0.25) is 0 Å². The third kappa shape index (κ3) is 6.74. The van der Waals surface area contributed by atoms with Gasteiger partial charge in [0.2, 0.25) is 0 Å². The molecular weight excluding hydrogens is 368 g/mol. The Bertz CT molecular complexity index is 743. The maximum Gasteiger partial charge on any atom is 0.193 e. The summed E-state index contributed by atoms with van der Waals surface area (Å²) in [7, 11) is 2.04. The standard InChI is InChI=1S/C21H32N6O2/c1-3-20-25-24-17-27(20)11-10-22-21(23-15-18-9-13-28-16-18)26(2)12-14-29-19-7-5-4-6-8-19/h4-8,17-18H,3,9-16H2,1-2H3,(H,22,23). The fourth-order valence-corrected chi connectivity index (χ4v) is 3.21. The fraction of sp³-hybridized carbons (Fsp3) is 0.571. The number of hydrogen-bond acceptors (Lipinski definition) is 5. The van der Waals surface area contributed by atoms with Crippen LogP contribution in [0, 0.1) is 5.92 Å². The van der Waals surface area contributed by atoms with Crippen molar-refractivity contribution in [2.45, 2.75) is 26.3 Å². The van der Waals surface area contributed by atoms with E-state index in [1.807, 2.05) is 37.4 Å². The Labute approximate surface area is 172 Å². The maximum atomic E-state index is 5.83. The van der Waals surface area contributed by atoms with Gasteiger partial charge in [0.1, 0.15) is 24.5 Å². The molecule has 29 heavy (non-hydrogen) atoms. The lowest BCUT2D eigenvalue weighted by atomic mass is 10.1. The summed E-state index contributed by atoms with van der Waals surface area (Å²) < 4.78 is 13.4. The third-order valence-corrected chi connectivity index (χ3v) is 4.97. The smallest absolute Gasteiger partial charge is 0.193 e. The normalized spacial score (nSPS) is 16.8. The number of aromatic nitrogens is 3. The van der Waals surface area contributed by atoms with Crippen molar-refractivity contribution in [1.29, 1.82) is 0 Å². The van der Waals surface area contributed by atoms with E-state index in [-0.39, 0.29) is 0 Å². The number of hydrogen-bond donors (Lipinski definition) is 1. The zero-order valence-corrected chi connectivity index (χ0v) is 17.5. The monoisotopic (exact) mass is 400 g/mol. The molecular formula is C21H32N6O2. The van der Waals surface area contributed by atoms with Crippen LogP contribution in [0.3, 0.4) is 0 Å². The van der Waals surface area contributed by atoms with E-state index in [1.54, 1.807) is 6.33 Å². The summed E-state index contributed by atoms with van der Waals surface area (Å²) >= 11 is 0. The number of rotatable bonds is 10. The highest BCUT2D eigenvalue weighted by atomic mass is 16.5. The van der Waals surface area contributed by atoms with Crippen LogP contribution in [0.15, 0.2) is 41.7 Å². The van der Waals surface area contributed by atoms with Crippen LogP contribution in [0.25, 0.3) is 0 Å². The highest BCUT2D eigenvalue weighted by Gasteiger charge is 2.16. The molecule has 3 rings (SSSR count). The van der Waals surface area contributed by atoms with E-state index in [9.17, 15) is 0 Å². The van der Waals surface area contributed by atoms with Crippen LogP contribution in [0.1, 0.15) is 19.2 Å². The number of aliphatic imine (C=N–C) groups is 1. The zero-order valence-electron chi connectivity index (χ0n) is 17.5. The van der Waals surface area contributed by atoms with Crippen molar-refractivity contribution in [1.82, 2.24) is 25.0 Å². The Hall–Kier alpha value is -2.61. The minimum Gasteiger partial charge on any atom is -0.492 e. The molecule has 1 N–H and O–H groups in total. The molecule has 0 radical (unpaired) electrons. The topological polar surface area (TPSA) is 76.8 Å². The Morgan fingerprint density at radius 2 is 2.24 bits per heavy atom. The maximum absolute atomic E-state index is 5.83. The lowest BCUT2D eigenvalue weighted by Gasteiger charge is -2.23. The first kappa shape index (κ1) is 21.1.